The molecule has 0 saturated carbocycles. The number of rotatable bonds is 4. The molecule has 0 spiro atoms. The highest BCUT2D eigenvalue weighted by Gasteiger charge is 2.23. The van der Waals surface area contributed by atoms with E-state index in [2.05, 4.69) is 0 Å². The van der Waals surface area contributed by atoms with Crippen LogP contribution in [0.25, 0.3) is 110 Å². The van der Waals surface area contributed by atoms with E-state index >= 15 is 0 Å². The summed E-state index contributed by atoms with van der Waals surface area (Å²) >= 11 is 0. The number of para-hydroxylation sites is 6. The first-order valence-electron chi connectivity index (χ1n) is 23.3. The molecule has 270 valence electrons. The van der Waals surface area contributed by atoms with E-state index in [1.165, 1.54) is 0 Å². The molecule has 0 aliphatic heterocycles. The van der Waals surface area contributed by atoms with Crippen LogP contribution >= 0.6 is 0 Å². The zero-order valence-electron chi connectivity index (χ0n) is 38.8. The monoisotopic (exact) mass is 746 g/mol. The predicted octanol–water partition coefficient (Wildman–Crippen LogP) is 14.1. The van der Waals surface area contributed by atoms with Gasteiger partial charge in [-0.15, -0.1) is 0 Å². The van der Waals surface area contributed by atoms with Crippen molar-refractivity contribution in [3.8, 4) is 22.7 Å². The van der Waals surface area contributed by atoms with Crippen molar-refractivity contribution < 1.29 is 11.0 Å². The third-order valence-corrected chi connectivity index (χ3v) is 11.6. The van der Waals surface area contributed by atoms with E-state index in [1.54, 1.807) is 4.57 Å². The molecular formula is C54H34N4. The van der Waals surface area contributed by atoms with Gasteiger partial charge in [0.1, 0.15) is 0 Å². The average molecular weight is 747 g/mol. The minimum absolute atomic E-state index is 0.0511. The molecule has 0 bridgehead atoms. The Morgan fingerprint density at radius 2 is 0.638 bits per heavy atom. The van der Waals surface area contributed by atoms with Gasteiger partial charge >= 0.3 is 0 Å². The van der Waals surface area contributed by atoms with Gasteiger partial charge in [-0.2, -0.15) is 0 Å². The van der Waals surface area contributed by atoms with Crippen molar-refractivity contribution in [1.82, 2.24) is 18.3 Å². The van der Waals surface area contributed by atoms with Crippen molar-refractivity contribution in [2.45, 2.75) is 0 Å². The quantitative estimate of drug-likeness (QED) is 0.171. The number of benzene rings is 9. The van der Waals surface area contributed by atoms with Crippen molar-refractivity contribution in [3.05, 3.63) is 206 Å². The number of aromatic nitrogens is 4. The topological polar surface area (TPSA) is 19.7 Å². The van der Waals surface area contributed by atoms with Crippen LogP contribution in [-0.4, -0.2) is 18.3 Å². The van der Waals surface area contributed by atoms with Crippen LogP contribution < -0.4 is 0 Å². The molecule has 4 heterocycles. The van der Waals surface area contributed by atoms with Crippen molar-refractivity contribution in [1.29, 1.82) is 0 Å². The van der Waals surface area contributed by atoms with Crippen LogP contribution in [0.5, 0.6) is 0 Å². The third kappa shape index (κ3) is 4.23. The lowest BCUT2D eigenvalue weighted by molar-refractivity contribution is 1.16. The summed E-state index contributed by atoms with van der Waals surface area (Å²) in [7, 11) is 0. The molecule has 0 atom stereocenters. The summed E-state index contributed by atoms with van der Waals surface area (Å²) in [5, 5.41) is 4.82. The van der Waals surface area contributed by atoms with Gasteiger partial charge in [0.2, 0.25) is 0 Å². The van der Waals surface area contributed by atoms with Crippen LogP contribution in [0.4, 0.5) is 0 Å². The van der Waals surface area contributed by atoms with Crippen LogP contribution in [0.3, 0.4) is 0 Å². The summed E-state index contributed by atoms with van der Waals surface area (Å²) in [6.07, 6.45) is 0. The normalized spacial score (nSPS) is 14.1. The molecule has 9 aromatic carbocycles. The molecule has 0 saturated heterocycles. The lowest BCUT2D eigenvalue weighted by Crippen LogP contribution is -1.96. The molecule has 58 heavy (non-hydrogen) atoms. The highest BCUT2D eigenvalue weighted by Crippen LogP contribution is 2.44. The molecule has 4 aromatic heterocycles. The molecule has 0 unspecified atom stereocenters. The lowest BCUT2D eigenvalue weighted by Gasteiger charge is -2.11. The number of hydrogen-bond acceptors (Lipinski definition) is 0. The lowest BCUT2D eigenvalue weighted by atomic mass is 10.1. The summed E-state index contributed by atoms with van der Waals surface area (Å²) in [5.74, 6) is 0. The van der Waals surface area contributed by atoms with E-state index in [0.29, 0.717) is 22.3 Å². The molecule has 0 amide bonds. The van der Waals surface area contributed by atoms with Gasteiger partial charge in [-0.25, -0.2) is 0 Å². The van der Waals surface area contributed by atoms with Crippen molar-refractivity contribution in [3.63, 3.8) is 0 Å². The largest absolute Gasteiger partial charge is 0.309 e. The van der Waals surface area contributed by atoms with E-state index in [0.717, 1.165) is 43.6 Å². The van der Waals surface area contributed by atoms with Crippen molar-refractivity contribution >= 4 is 87.2 Å². The van der Waals surface area contributed by atoms with Gasteiger partial charge in [-0.1, -0.05) is 115 Å². The Morgan fingerprint density at radius 1 is 0.259 bits per heavy atom. The first kappa shape index (κ1) is 24.6. The van der Waals surface area contributed by atoms with Crippen LogP contribution in [0.2, 0.25) is 0 Å². The maximum absolute atomic E-state index is 10.4. The SMILES string of the molecule is [2H]c1c(-n2c3ccccc3c3ccccc32)c([2H])c2c3c(c([2H])c([2H])c4c5c([2H])c(-n6c7ccccc7c7ccccc76)c([2H])c([2H])c5n(-c5ccccc5)c43)n(-c3ccccc3)c2c1[2H]. The molecule has 4 heteroatoms. The smallest absolute Gasteiger partial charge is 0.0652 e. The Labute approximate surface area is 344 Å². The second-order valence-corrected chi connectivity index (χ2v) is 14.7. The predicted molar refractivity (Wildman–Crippen MR) is 244 cm³/mol. The van der Waals surface area contributed by atoms with Gasteiger partial charge in [0.05, 0.1) is 55.1 Å². The molecule has 0 radical (unpaired) electrons. The van der Waals surface area contributed by atoms with Gasteiger partial charge in [0.25, 0.3) is 0 Å². The van der Waals surface area contributed by atoms with Crippen molar-refractivity contribution in [2.24, 2.45) is 0 Å². The maximum atomic E-state index is 10.4. The Kier molecular flexibility index (Phi) is 5.03. The fraction of sp³-hybridized carbons (Fsp3) is 0. The molecule has 0 aliphatic carbocycles. The second kappa shape index (κ2) is 11.8. The van der Waals surface area contributed by atoms with Crippen molar-refractivity contribution in [2.75, 3.05) is 0 Å². The summed E-state index contributed by atoms with van der Waals surface area (Å²) < 4.78 is 87.5. The van der Waals surface area contributed by atoms with Gasteiger partial charge in [-0.05, 0) is 90.8 Å². The highest BCUT2D eigenvalue weighted by molar-refractivity contribution is 6.27. The minimum atomic E-state index is -0.206. The van der Waals surface area contributed by atoms with Crippen LogP contribution in [-0.2, 0) is 0 Å². The average Bonchev–Trinajstić information content (AvgIpc) is 4.09. The first-order valence-corrected chi connectivity index (χ1v) is 19.3. The fourth-order valence-corrected chi connectivity index (χ4v) is 9.21. The fourth-order valence-electron chi connectivity index (χ4n) is 9.21. The Hall–Kier alpha value is -7.82. The summed E-state index contributed by atoms with van der Waals surface area (Å²) in [5.41, 5.74) is 5.65. The summed E-state index contributed by atoms with van der Waals surface area (Å²) in [4.78, 5) is 0. The van der Waals surface area contributed by atoms with Crippen LogP contribution in [0.15, 0.2) is 206 Å². The van der Waals surface area contributed by atoms with E-state index in [-0.39, 0.29) is 92.4 Å². The Morgan fingerprint density at radius 3 is 1.14 bits per heavy atom. The zero-order chi connectivity index (χ0) is 44.9. The molecule has 0 aliphatic rings. The van der Waals surface area contributed by atoms with E-state index in [4.69, 9.17) is 0 Å². The van der Waals surface area contributed by atoms with Gasteiger partial charge in [-0.3, -0.25) is 0 Å². The van der Waals surface area contributed by atoms with Gasteiger partial charge in [0, 0.05) is 65.8 Å². The molecule has 13 aromatic rings. The minimum Gasteiger partial charge on any atom is -0.309 e. The molecular weight excluding hydrogens is 705 g/mol. The standard InChI is InChI=1S/C54H34N4/c1-3-15-35(16-4-1)55-51-31-28-38(57-48-25-13-9-21-41(48)42-22-10-14-26-49(42)57)34-45(51)53-52(55)32-29-43-44-33-37(27-30-50(44)58(54(43)53)36-17-5-2-6-18-36)56-46-23-11-7-19-39(46)40-20-8-12-24-47(40)56/h1-34H/i27D,28D,29D,30D,31D,32D,33D,34D. The summed E-state index contributed by atoms with van der Waals surface area (Å²) in [6, 6.07) is 48.7. The highest BCUT2D eigenvalue weighted by atomic mass is 15.0. The summed E-state index contributed by atoms with van der Waals surface area (Å²) in [6.45, 7) is 0. The zero-order valence-corrected chi connectivity index (χ0v) is 30.8. The molecule has 0 N–H and O–H groups in total. The van der Waals surface area contributed by atoms with Gasteiger partial charge < -0.3 is 18.3 Å². The number of fused-ring (bicyclic) bond motifs is 13. The number of nitrogens with zero attached hydrogens (tertiary/aromatic N) is 4. The second-order valence-electron chi connectivity index (χ2n) is 14.7. The molecule has 4 nitrogen and oxygen atoms in total. The number of hydrogen-bond donors (Lipinski definition) is 0. The van der Waals surface area contributed by atoms with Crippen LogP contribution in [0, 0.1) is 0 Å². The Bertz CT molecular complexity index is 4150. The molecule has 0 fully saturated rings. The van der Waals surface area contributed by atoms with Crippen LogP contribution in [0.1, 0.15) is 11.0 Å². The van der Waals surface area contributed by atoms with E-state index < -0.39 is 0 Å². The Balaban J connectivity index is 1.31. The third-order valence-electron chi connectivity index (χ3n) is 11.6. The first-order chi connectivity index (χ1) is 32.2. The van der Waals surface area contributed by atoms with Gasteiger partial charge in [0.15, 0.2) is 0 Å². The molecule has 13 rings (SSSR count). The maximum Gasteiger partial charge on any atom is 0.0652 e. The van der Waals surface area contributed by atoms with E-state index in [9.17, 15) is 11.0 Å². The van der Waals surface area contributed by atoms with E-state index in [1.807, 2.05) is 171 Å².